The summed E-state index contributed by atoms with van der Waals surface area (Å²) in [6.45, 7) is 3.11. The van der Waals surface area contributed by atoms with Crippen molar-refractivity contribution in [2.45, 2.75) is 38.9 Å². The lowest BCUT2D eigenvalue weighted by atomic mass is 9.83. The van der Waals surface area contributed by atoms with Gasteiger partial charge in [0.1, 0.15) is 5.82 Å². The maximum atomic E-state index is 14.9. The summed E-state index contributed by atoms with van der Waals surface area (Å²) in [7, 11) is 0. The van der Waals surface area contributed by atoms with Gasteiger partial charge >= 0.3 is 6.18 Å². The van der Waals surface area contributed by atoms with Gasteiger partial charge in [-0.25, -0.2) is 4.39 Å². The summed E-state index contributed by atoms with van der Waals surface area (Å²) < 4.78 is 62.8. The molecule has 0 radical (unpaired) electrons. The van der Waals surface area contributed by atoms with Crippen molar-refractivity contribution < 1.29 is 28.5 Å². The highest BCUT2D eigenvalue weighted by Gasteiger charge is 2.41. The number of nitrogens with two attached hydrogens (primary N) is 1. The largest absolute Gasteiger partial charge is 0.416 e. The van der Waals surface area contributed by atoms with Gasteiger partial charge in [0.15, 0.2) is 0 Å². The van der Waals surface area contributed by atoms with E-state index in [4.69, 9.17) is 7.10 Å². The number of nitrogens with zero attached hydrogens (tertiary/aromatic N) is 1. The highest BCUT2D eigenvalue weighted by molar-refractivity contribution is 5.98. The minimum atomic E-state index is -4.58. The molecule has 0 aromatic heterocycles. The summed E-state index contributed by atoms with van der Waals surface area (Å²) in [5, 5.41) is 2.59. The number of hydrogen-bond donors (Lipinski definition) is 2. The zero-order chi connectivity index (χ0) is 27.8. The molecule has 1 heterocycles. The molecule has 1 saturated heterocycles. The molecule has 0 aliphatic carbocycles. The molecular formula is C28H27F4N3O2. The molecule has 1 aliphatic heterocycles. The van der Waals surface area contributed by atoms with E-state index in [9.17, 15) is 27.2 Å². The van der Waals surface area contributed by atoms with Crippen molar-refractivity contribution in [2.75, 3.05) is 17.6 Å². The Hall–Kier alpha value is -3.88. The number of likely N-dealkylation sites (tertiary alicyclic amines) is 1. The summed E-state index contributed by atoms with van der Waals surface area (Å²) in [5.41, 5.74) is 6.16. The lowest BCUT2D eigenvalue weighted by Crippen LogP contribution is -2.46. The lowest BCUT2D eigenvalue weighted by Gasteiger charge is -2.41. The fourth-order valence-corrected chi connectivity index (χ4v) is 4.83. The molecule has 2 atom stereocenters. The Labute approximate surface area is 213 Å². The third-order valence-corrected chi connectivity index (χ3v) is 6.67. The highest BCUT2D eigenvalue weighted by Crippen LogP contribution is 2.39. The van der Waals surface area contributed by atoms with Crippen molar-refractivity contribution in [3.63, 3.8) is 0 Å². The number of rotatable bonds is 4. The second-order valence-electron chi connectivity index (χ2n) is 9.24. The molecule has 9 heteroatoms. The molecule has 194 valence electrons. The third-order valence-electron chi connectivity index (χ3n) is 6.67. The van der Waals surface area contributed by atoms with Gasteiger partial charge in [0, 0.05) is 17.9 Å². The topological polar surface area (TPSA) is 75.4 Å². The van der Waals surface area contributed by atoms with Crippen LogP contribution in [0.25, 0.3) is 0 Å². The van der Waals surface area contributed by atoms with Gasteiger partial charge < -0.3 is 16.0 Å². The smallest absolute Gasteiger partial charge is 0.399 e. The summed E-state index contributed by atoms with van der Waals surface area (Å²) in [4.78, 5) is 28.6. The molecule has 0 saturated carbocycles. The number of nitrogens with one attached hydrogen (secondary N) is 1. The molecule has 37 heavy (non-hydrogen) atoms. The van der Waals surface area contributed by atoms with Crippen molar-refractivity contribution in [3.05, 3.63) is 94.3 Å². The van der Waals surface area contributed by atoms with Crippen LogP contribution in [0, 0.1) is 25.6 Å². The van der Waals surface area contributed by atoms with E-state index in [1.807, 2.05) is 0 Å². The van der Waals surface area contributed by atoms with Crippen LogP contribution in [0.4, 0.5) is 28.9 Å². The summed E-state index contributed by atoms with van der Waals surface area (Å²) in [5.74, 6) is -2.85. The Morgan fingerprint density at radius 1 is 1.05 bits per heavy atom. The standard InChI is InChI=1S/C28H27F4N3O2/c1-16-8-13-20(15-22(16)28(30,31)32)34-26(36)21-6-4-14-35(25(21)18-9-11-19(33)12-10-18)27(37)24-17(2)5-3-7-23(24)29/h3,5,7-13,15,21,25H,4,6,14,33H2,1-2H3,(H,34,36)/t21-,25-/m0/s1/i3D. The van der Waals surface area contributed by atoms with Gasteiger partial charge in [-0.2, -0.15) is 13.2 Å². The van der Waals surface area contributed by atoms with Crippen molar-refractivity contribution in [1.82, 2.24) is 4.90 Å². The molecule has 0 bridgehead atoms. The third kappa shape index (κ3) is 5.45. The number of benzene rings is 3. The number of halogens is 4. The Bertz CT molecular complexity index is 1350. The highest BCUT2D eigenvalue weighted by atomic mass is 19.4. The first-order valence-corrected chi connectivity index (χ1v) is 11.8. The Morgan fingerprint density at radius 3 is 2.41 bits per heavy atom. The van der Waals surface area contributed by atoms with Gasteiger partial charge in [-0.3, -0.25) is 9.59 Å². The number of piperidine rings is 1. The number of carbonyl (C=O) groups excluding carboxylic acids is 2. The van der Waals surface area contributed by atoms with Crippen LogP contribution < -0.4 is 11.1 Å². The van der Waals surface area contributed by atoms with Crippen molar-refractivity contribution in [2.24, 2.45) is 5.92 Å². The maximum absolute atomic E-state index is 14.9. The van der Waals surface area contributed by atoms with Gasteiger partial charge in [-0.15, -0.1) is 0 Å². The van der Waals surface area contributed by atoms with Crippen LogP contribution in [0.2, 0.25) is 0 Å². The Kier molecular flexibility index (Phi) is 6.86. The first kappa shape index (κ1) is 24.8. The van der Waals surface area contributed by atoms with E-state index in [2.05, 4.69) is 5.32 Å². The summed E-state index contributed by atoms with van der Waals surface area (Å²) in [6, 6.07) is 11.6. The fraction of sp³-hybridized carbons (Fsp3) is 0.286. The zero-order valence-corrected chi connectivity index (χ0v) is 20.3. The van der Waals surface area contributed by atoms with Crippen LogP contribution in [-0.2, 0) is 11.0 Å². The normalized spacial score (nSPS) is 18.3. The number of amides is 2. The van der Waals surface area contributed by atoms with E-state index in [0.29, 0.717) is 29.7 Å². The molecule has 0 spiro atoms. The molecule has 3 aromatic rings. The first-order valence-electron chi connectivity index (χ1n) is 12.3. The van der Waals surface area contributed by atoms with Crippen molar-refractivity contribution >= 4 is 23.2 Å². The first-order chi connectivity index (χ1) is 17.9. The number of anilines is 2. The molecule has 4 rings (SSSR count). The molecule has 0 unspecified atom stereocenters. The molecule has 5 nitrogen and oxygen atoms in total. The number of nitrogen functional groups attached to an aromatic ring is 1. The predicted molar refractivity (Wildman–Crippen MR) is 133 cm³/mol. The molecule has 3 N–H and O–H groups in total. The molecule has 3 aromatic carbocycles. The maximum Gasteiger partial charge on any atom is 0.416 e. The number of alkyl halides is 3. The quantitative estimate of drug-likeness (QED) is 0.318. The van der Waals surface area contributed by atoms with Gasteiger partial charge in [0.2, 0.25) is 5.91 Å². The second-order valence-corrected chi connectivity index (χ2v) is 9.24. The van der Waals surface area contributed by atoms with E-state index in [1.54, 1.807) is 24.3 Å². The van der Waals surface area contributed by atoms with Gasteiger partial charge in [-0.05, 0) is 73.7 Å². The van der Waals surface area contributed by atoms with Crippen LogP contribution in [0.3, 0.4) is 0 Å². The van der Waals surface area contributed by atoms with Crippen LogP contribution >= 0.6 is 0 Å². The second kappa shape index (κ2) is 10.2. The van der Waals surface area contributed by atoms with E-state index >= 15 is 0 Å². The number of hydrogen-bond acceptors (Lipinski definition) is 3. The van der Waals surface area contributed by atoms with Crippen LogP contribution in [0.15, 0.2) is 60.6 Å². The fourth-order valence-electron chi connectivity index (χ4n) is 4.83. The summed E-state index contributed by atoms with van der Waals surface area (Å²) in [6.07, 6.45) is -3.80. The number of aryl methyl sites for hydroxylation is 2. The van der Waals surface area contributed by atoms with Crippen molar-refractivity contribution in [1.29, 1.82) is 0 Å². The lowest BCUT2D eigenvalue weighted by molar-refractivity contribution is -0.138. The molecular weight excluding hydrogens is 486 g/mol. The van der Waals surface area contributed by atoms with Crippen LogP contribution in [0.1, 0.15) is 52.9 Å². The predicted octanol–water partition coefficient (Wildman–Crippen LogP) is 6.28. The molecule has 2 amide bonds. The van der Waals surface area contributed by atoms with E-state index in [-0.39, 0.29) is 29.4 Å². The van der Waals surface area contributed by atoms with Gasteiger partial charge in [0.25, 0.3) is 5.91 Å². The van der Waals surface area contributed by atoms with Gasteiger partial charge in [0.05, 0.1) is 24.5 Å². The molecule has 1 fully saturated rings. The van der Waals surface area contributed by atoms with Crippen molar-refractivity contribution in [3.8, 4) is 0 Å². The van der Waals surface area contributed by atoms with E-state index in [1.165, 1.54) is 36.9 Å². The van der Waals surface area contributed by atoms with Gasteiger partial charge in [-0.1, -0.05) is 30.3 Å². The summed E-state index contributed by atoms with van der Waals surface area (Å²) >= 11 is 0. The molecule has 1 aliphatic rings. The average molecular weight is 515 g/mol. The van der Waals surface area contributed by atoms with E-state index < -0.39 is 41.3 Å². The minimum absolute atomic E-state index is 0.0136. The SMILES string of the molecule is [2H]c1cc(C)c(C(=O)N2CCC[C@H](C(=O)Nc3ccc(C)c(C(F)(F)F)c3)[C@@H]2c2ccc(N)cc2)c(F)c1. The average Bonchev–Trinajstić information content (AvgIpc) is 2.84. The van der Waals surface area contributed by atoms with E-state index in [0.717, 1.165) is 12.1 Å². The monoisotopic (exact) mass is 514 g/mol. The minimum Gasteiger partial charge on any atom is -0.399 e. The Morgan fingerprint density at radius 2 is 1.76 bits per heavy atom. The Balaban J connectivity index is 1.72. The zero-order valence-electron chi connectivity index (χ0n) is 21.3. The van der Waals surface area contributed by atoms with Crippen LogP contribution in [0.5, 0.6) is 0 Å². The number of carbonyl (C=O) groups is 2. The van der Waals surface area contributed by atoms with Crippen LogP contribution in [-0.4, -0.2) is 23.3 Å².